The Bertz CT molecular complexity index is 778. The van der Waals surface area contributed by atoms with E-state index in [0.717, 1.165) is 38.5 Å². The van der Waals surface area contributed by atoms with Gasteiger partial charge in [0.2, 0.25) is 0 Å². The van der Waals surface area contributed by atoms with Crippen molar-refractivity contribution in [2.75, 3.05) is 26.7 Å². The van der Waals surface area contributed by atoms with Crippen molar-refractivity contribution in [3.63, 3.8) is 0 Å². The highest BCUT2D eigenvalue weighted by Crippen LogP contribution is 2.35. The highest BCUT2D eigenvalue weighted by molar-refractivity contribution is 5.51. The van der Waals surface area contributed by atoms with Crippen LogP contribution in [0.25, 0.3) is 0 Å². The monoisotopic (exact) mass is 410 g/mol. The lowest BCUT2D eigenvalue weighted by molar-refractivity contribution is -0.107. The summed E-state index contributed by atoms with van der Waals surface area (Å²) < 4.78 is 0. The van der Waals surface area contributed by atoms with Gasteiger partial charge in [-0.3, -0.25) is 4.90 Å². The summed E-state index contributed by atoms with van der Waals surface area (Å²) in [6.45, 7) is 8.20. The molecule has 3 rings (SSSR count). The van der Waals surface area contributed by atoms with Crippen molar-refractivity contribution in [2.45, 2.75) is 58.1 Å². The second kappa shape index (κ2) is 12.0. The Kier molecular flexibility index (Phi) is 9.70. The summed E-state index contributed by atoms with van der Waals surface area (Å²) in [6.07, 6.45) is 4.45. The first-order chi connectivity index (χ1) is 14.5. The lowest BCUT2D eigenvalue weighted by atomic mass is 9.86. The molecule has 0 aromatic heterocycles. The Morgan fingerprint density at radius 1 is 1.17 bits per heavy atom. The topological polar surface area (TPSA) is 52.6 Å². The molecule has 30 heavy (non-hydrogen) atoms. The van der Waals surface area contributed by atoms with E-state index in [-0.39, 0.29) is 0 Å². The van der Waals surface area contributed by atoms with Crippen LogP contribution >= 0.6 is 0 Å². The van der Waals surface area contributed by atoms with Crippen LogP contribution in [-0.2, 0) is 11.2 Å². The van der Waals surface area contributed by atoms with E-state index in [1.54, 1.807) is 0 Å². The molecule has 2 atom stereocenters. The fourth-order valence-corrected chi connectivity index (χ4v) is 4.27. The van der Waals surface area contributed by atoms with E-state index >= 15 is 0 Å². The van der Waals surface area contributed by atoms with Gasteiger partial charge in [-0.1, -0.05) is 68.8 Å². The third-order valence-electron chi connectivity index (χ3n) is 6.03. The number of fused-ring (bicyclic) bond motifs is 1. The number of benzene rings is 2. The number of rotatable bonds is 8. The van der Waals surface area contributed by atoms with Crippen LogP contribution < -0.4 is 5.32 Å². The summed E-state index contributed by atoms with van der Waals surface area (Å²) in [6, 6.07) is 17.9. The quantitative estimate of drug-likeness (QED) is 0.504. The molecule has 164 valence electrons. The lowest BCUT2D eigenvalue weighted by Gasteiger charge is -2.36. The molecule has 0 aliphatic carbocycles. The lowest BCUT2D eigenvalue weighted by Crippen LogP contribution is -2.40. The highest BCUT2D eigenvalue weighted by Gasteiger charge is 2.27. The van der Waals surface area contributed by atoms with Gasteiger partial charge in [0.15, 0.2) is 0 Å². The summed E-state index contributed by atoms with van der Waals surface area (Å²) in [5, 5.41) is 12.8. The summed E-state index contributed by atoms with van der Waals surface area (Å²) in [5.41, 5.74) is 5.21. The predicted molar refractivity (Wildman–Crippen MR) is 125 cm³/mol. The highest BCUT2D eigenvalue weighted by atomic mass is 16.3. The van der Waals surface area contributed by atoms with Crippen molar-refractivity contribution in [1.29, 1.82) is 0 Å². The molecule has 4 heteroatoms. The van der Waals surface area contributed by atoms with Gasteiger partial charge in [0, 0.05) is 13.1 Å². The zero-order chi connectivity index (χ0) is 22.0. The molecule has 0 saturated carbocycles. The second-order valence-electron chi connectivity index (χ2n) is 8.32. The normalized spacial score (nSPS) is 18.0. The van der Waals surface area contributed by atoms with Crippen molar-refractivity contribution in [1.82, 2.24) is 10.2 Å². The standard InChI is InChI=1S/C17H19N.C9H19NO2/c1-13-7-6-10-14-11-12-18(2)17(16(13)14)15-8-4-3-5-9-15;1-3-5-9(12,4-2)8-10-6-7-11/h3-10,17H,11-12H2,1-2H3;7,10,12H,3-6,8H2,1-2H3. The zero-order valence-electron chi connectivity index (χ0n) is 19.0. The third kappa shape index (κ3) is 6.49. The van der Waals surface area contributed by atoms with Gasteiger partial charge in [-0.05, 0) is 55.5 Å². The number of likely N-dealkylation sites (N-methyl/N-ethyl adjacent to an activating group) is 1. The fraction of sp³-hybridized carbons (Fsp3) is 0.500. The van der Waals surface area contributed by atoms with Crippen molar-refractivity contribution in [3.8, 4) is 0 Å². The Balaban J connectivity index is 0.000000235. The first kappa shape index (κ1) is 24.3. The predicted octanol–water partition coefficient (Wildman–Crippen LogP) is 4.29. The van der Waals surface area contributed by atoms with Gasteiger partial charge in [-0.15, -0.1) is 0 Å². The van der Waals surface area contributed by atoms with Crippen molar-refractivity contribution >= 4 is 6.29 Å². The van der Waals surface area contributed by atoms with Crippen LogP contribution in [0.15, 0.2) is 48.5 Å². The number of nitrogens with zero attached hydrogens (tertiary/aromatic N) is 1. The molecule has 1 aliphatic heterocycles. The smallest absolute Gasteiger partial charge is 0.133 e. The number of nitrogens with one attached hydrogen (secondary N) is 1. The minimum Gasteiger partial charge on any atom is -0.389 e. The first-order valence-electron chi connectivity index (χ1n) is 11.2. The maximum atomic E-state index is 9.99. The third-order valence-corrected chi connectivity index (χ3v) is 6.03. The average molecular weight is 411 g/mol. The molecule has 2 N–H and O–H groups in total. The zero-order valence-corrected chi connectivity index (χ0v) is 19.0. The van der Waals surface area contributed by atoms with Gasteiger partial charge in [-0.2, -0.15) is 0 Å². The van der Waals surface area contributed by atoms with E-state index in [4.69, 9.17) is 0 Å². The van der Waals surface area contributed by atoms with Gasteiger partial charge >= 0.3 is 0 Å². The summed E-state index contributed by atoms with van der Waals surface area (Å²) in [7, 11) is 2.23. The van der Waals surface area contributed by atoms with Crippen molar-refractivity contribution in [3.05, 3.63) is 70.8 Å². The second-order valence-corrected chi connectivity index (χ2v) is 8.32. The molecule has 0 spiro atoms. The Hall–Kier alpha value is -2.01. The molecular weight excluding hydrogens is 372 g/mol. The molecule has 0 fully saturated rings. The van der Waals surface area contributed by atoms with Gasteiger partial charge in [0.1, 0.15) is 6.29 Å². The van der Waals surface area contributed by atoms with Gasteiger partial charge in [0.25, 0.3) is 0 Å². The Morgan fingerprint density at radius 2 is 1.90 bits per heavy atom. The molecule has 0 bridgehead atoms. The SMILES string of the molecule is CCCC(O)(CC)CNCC=O.Cc1cccc2c1C(c1ccccc1)N(C)CC2. The van der Waals surface area contributed by atoms with Crippen LogP contribution in [0.2, 0.25) is 0 Å². The van der Waals surface area contributed by atoms with E-state index in [1.165, 1.54) is 22.3 Å². The summed E-state index contributed by atoms with van der Waals surface area (Å²) in [4.78, 5) is 12.5. The number of hydrogen-bond acceptors (Lipinski definition) is 4. The number of aryl methyl sites for hydroxylation is 1. The number of hydrogen-bond donors (Lipinski definition) is 2. The first-order valence-corrected chi connectivity index (χ1v) is 11.2. The summed E-state index contributed by atoms with van der Waals surface area (Å²) in [5.74, 6) is 0. The van der Waals surface area contributed by atoms with Crippen molar-refractivity contribution in [2.24, 2.45) is 0 Å². The van der Waals surface area contributed by atoms with E-state index in [0.29, 0.717) is 19.1 Å². The largest absolute Gasteiger partial charge is 0.389 e. The minimum atomic E-state index is -0.627. The van der Waals surface area contributed by atoms with E-state index in [2.05, 4.69) is 72.7 Å². The average Bonchev–Trinajstić information content (AvgIpc) is 2.76. The maximum absolute atomic E-state index is 9.99. The van der Waals surface area contributed by atoms with E-state index in [1.807, 2.05) is 13.8 Å². The molecule has 2 aromatic carbocycles. The van der Waals surface area contributed by atoms with Crippen molar-refractivity contribution < 1.29 is 9.90 Å². The van der Waals surface area contributed by atoms with Crippen LogP contribution in [0, 0.1) is 6.92 Å². The van der Waals surface area contributed by atoms with E-state index < -0.39 is 5.60 Å². The van der Waals surface area contributed by atoms with Crippen LogP contribution in [0.5, 0.6) is 0 Å². The van der Waals surface area contributed by atoms with Crippen LogP contribution in [-0.4, -0.2) is 48.6 Å². The van der Waals surface area contributed by atoms with Crippen LogP contribution in [0.3, 0.4) is 0 Å². The maximum Gasteiger partial charge on any atom is 0.133 e. The molecule has 0 saturated heterocycles. The molecular formula is C26H38N2O2. The number of carbonyl (C=O) groups excluding carboxylic acids is 1. The number of aldehydes is 1. The fourth-order valence-electron chi connectivity index (χ4n) is 4.27. The molecule has 1 heterocycles. The number of carbonyl (C=O) groups is 1. The van der Waals surface area contributed by atoms with Gasteiger partial charge < -0.3 is 15.2 Å². The molecule has 1 aliphatic rings. The van der Waals surface area contributed by atoms with Gasteiger partial charge in [0.05, 0.1) is 18.2 Å². The van der Waals surface area contributed by atoms with E-state index in [9.17, 15) is 9.90 Å². The molecule has 2 aromatic rings. The molecule has 4 nitrogen and oxygen atoms in total. The molecule has 2 unspecified atom stereocenters. The molecule has 0 amide bonds. The van der Waals surface area contributed by atoms with Crippen LogP contribution in [0.1, 0.15) is 61.4 Å². The minimum absolute atomic E-state index is 0.325. The Morgan fingerprint density at radius 3 is 2.53 bits per heavy atom. The number of aliphatic hydroxyl groups is 1. The van der Waals surface area contributed by atoms with Crippen LogP contribution in [0.4, 0.5) is 0 Å². The summed E-state index contributed by atoms with van der Waals surface area (Å²) >= 11 is 0. The molecule has 0 radical (unpaired) electrons. The Labute approximate surface area is 182 Å². The van der Waals surface area contributed by atoms with Gasteiger partial charge in [-0.25, -0.2) is 0 Å².